The fourth-order valence-electron chi connectivity index (χ4n) is 1.65. The van der Waals surface area contributed by atoms with E-state index in [1.165, 1.54) is 6.92 Å². The second kappa shape index (κ2) is 6.00. The maximum absolute atomic E-state index is 11.3. The highest BCUT2D eigenvalue weighted by molar-refractivity contribution is 5.94. The van der Waals surface area contributed by atoms with Crippen molar-refractivity contribution in [2.75, 3.05) is 7.11 Å². The van der Waals surface area contributed by atoms with E-state index in [9.17, 15) is 4.79 Å². The molecule has 0 aliphatic carbocycles. The summed E-state index contributed by atoms with van der Waals surface area (Å²) in [4.78, 5) is 15.3. The summed E-state index contributed by atoms with van der Waals surface area (Å²) in [7, 11) is 1.55. The van der Waals surface area contributed by atoms with Gasteiger partial charge in [0.15, 0.2) is 17.3 Å². The molecule has 0 aliphatic heterocycles. The molecule has 0 atom stereocenters. The van der Waals surface area contributed by atoms with E-state index in [4.69, 9.17) is 9.47 Å². The van der Waals surface area contributed by atoms with Gasteiger partial charge in [0.2, 0.25) is 0 Å². The number of benzene rings is 1. The van der Waals surface area contributed by atoms with Crippen LogP contribution in [-0.4, -0.2) is 17.9 Å². The number of nitrogens with zero attached hydrogens (tertiary/aromatic N) is 1. The van der Waals surface area contributed by atoms with Crippen molar-refractivity contribution in [3.05, 3.63) is 53.9 Å². The van der Waals surface area contributed by atoms with Gasteiger partial charge in [-0.3, -0.25) is 9.78 Å². The second-order valence-electron chi connectivity index (χ2n) is 4.07. The first-order valence-corrected chi connectivity index (χ1v) is 5.91. The number of carbonyl (C=O) groups excluding carboxylic acids is 1. The van der Waals surface area contributed by atoms with E-state index in [2.05, 4.69) is 4.98 Å². The summed E-state index contributed by atoms with van der Waals surface area (Å²) in [5, 5.41) is 0. The molecule has 0 saturated carbocycles. The summed E-state index contributed by atoms with van der Waals surface area (Å²) in [5.41, 5.74) is 1.57. The molecule has 1 heterocycles. The minimum absolute atomic E-state index is 0.00268. The van der Waals surface area contributed by atoms with Crippen LogP contribution in [0.15, 0.2) is 42.7 Å². The highest BCUT2D eigenvalue weighted by Crippen LogP contribution is 2.28. The van der Waals surface area contributed by atoms with Crippen molar-refractivity contribution in [1.29, 1.82) is 0 Å². The van der Waals surface area contributed by atoms with E-state index in [0.717, 1.165) is 5.56 Å². The highest BCUT2D eigenvalue weighted by Gasteiger charge is 2.08. The van der Waals surface area contributed by atoms with Crippen LogP contribution in [0.1, 0.15) is 22.8 Å². The highest BCUT2D eigenvalue weighted by atomic mass is 16.5. The Labute approximate surface area is 112 Å². The van der Waals surface area contributed by atoms with Crippen LogP contribution < -0.4 is 9.47 Å². The van der Waals surface area contributed by atoms with Gasteiger partial charge in [-0.25, -0.2) is 0 Å². The summed E-state index contributed by atoms with van der Waals surface area (Å²) < 4.78 is 10.9. The van der Waals surface area contributed by atoms with E-state index in [-0.39, 0.29) is 5.78 Å². The smallest absolute Gasteiger partial charge is 0.161 e. The topological polar surface area (TPSA) is 48.4 Å². The molecule has 0 aliphatic rings. The third-order valence-corrected chi connectivity index (χ3v) is 2.69. The predicted octanol–water partition coefficient (Wildman–Crippen LogP) is 2.87. The third kappa shape index (κ3) is 3.31. The van der Waals surface area contributed by atoms with Gasteiger partial charge in [-0.15, -0.1) is 0 Å². The van der Waals surface area contributed by atoms with Gasteiger partial charge in [0, 0.05) is 23.5 Å². The van der Waals surface area contributed by atoms with Gasteiger partial charge < -0.3 is 9.47 Å². The maximum Gasteiger partial charge on any atom is 0.161 e. The average Bonchev–Trinajstić information content (AvgIpc) is 2.45. The van der Waals surface area contributed by atoms with Crippen molar-refractivity contribution in [2.24, 2.45) is 0 Å². The van der Waals surface area contributed by atoms with Crippen molar-refractivity contribution in [3.8, 4) is 11.5 Å². The normalized spacial score (nSPS) is 10.0. The van der Waals surface area contributed by atoms with Crippen molar-refractivity contribution < 1.29 is 14.3 Å². The summed E-state index contributed by atoms with van der Waals surface area (Å²) >= 11 is 0. The second-order valence-corrected chi connectivity index (χ2v) is 4.07. The van der Waals surface area contributed by atoms with Crippen LogP contribution in [0.3, 0.4) is 0 Å². The Hall–Kier alpha value is -2.36. The van der Waals surface area contributed by atoms with E-state index < -0.39 is 0 Å². The summed E-state index contributed by atoms with van der Waals surface area (Å²) in [6.07, 6.45) is 3.46. The number of Topliss-reactive ketones (excluding diaryl/α,β-unsaturated/α-hetero) is 1. The zero-order valence-electron chi connectivity index (χ0n) is 10.9. The summed E-state index contributed by atoms with van der Waals surface area (Å²) in [5.74, 6) is 1.16. The Bertz CT molecular complexity index is 567. The standard InChI is InChI=1S/C15H15NO3/c1-11(17)13-5-6-14(15(8-13)18-2)19-10-12-4-3-7-16-9-12/h3-9H,10H2,1-2H3. The molecule has 2 aromatic rings. The largest absolute Gasteiger partial charge is 0.493 e. The number of hydrogen-bond donors (Lipinski definition) is 0. The molecule has 0 amide bonds. The molecular formula is C15H15NO3. The van der Waals surface area contributed by atoms with Crippen molar-refractivity contribution in [1.82, 2.24) is 4.98 Å². The third-order valence-electron chi connectivity index (χ3n) is 2.69. The van der Waals surface area contributed by atoms with Crippen LogP contribution in [0.4, 0.5) is 0 Å². The van der Waals surface area contributed by atoms with Crippen LogP contribution in [-0.2, 0) is 6.61 Å². The molecule has 1 aromatic heterocycles. The average molecular weight is 257 g/mol. The van der Waals surface area contributed by atoms with Crippen LogP contribution in [0.5, 0.6) is 11.5 Å². The number of pyridine rings is 1. The Balaban J connectivity index is 2.14. The predicted molar refractivity (Wildman–Crippen MR) is 71.6 cm³/mol. The molecular weight excluding hydrogens is 242 g/mol. The van der Waals surface area contributed by atoms with E-state index in [1.807, 2.05) is 12.1 Å². The quantitative estimate of drug-likeness (QED) is 0.773. The first kappa shape index (κ1) is 13.1. The lowest BCUT2D eigenvalue weighted by Gasteiger charge is -2.11. The molecule has 0 N–H and O–H groups in total. The number of carbonyl (C=O) groups is 1. The van der Waals surface area contributed by atoms with Gasteiger partial charge in [0.1, 0.15) is 6.61 Å². The zero-order valence-corrected chi connectivity index (χ0v) is 10.9. The van der Waals surface area contributed by atoms with Crippen LogP contribution in [0.2, 0.25) is 0 Å². The van der Waals surface area contributed by atoms with Gasteiger partial charge >= 0.3 is 0 Å². The Morgan fingerprint density at radius 3 is 2.74 bits per heavy atom. The first-order chi connectivity index (χ1) is 9.20. The van der Waals surface area contributed by atoms with Gasteiger partial charge in [-0.1, -0.05) is 6.07 Å². The fourth-order valence-corrected chi connectivity index (χ4v) is 1.65. The molecule has 0 fully saturated rings. The van der Waals surface area contributed by atoms with Gasteiger partial charge in [0.05, 0.1) is 7.11 Å². The molecule has 98 valence electrons. The zero-order chi connectivity index (χ0) is 13.7. The SMILES string of the molecule is COc1cc(C(C)=O)ccc1OCc1cccnc1. The maximum atomic E-state index is 11.3. The number of hydrogen-bond acceptors (Lipinski definition) is 4. The number of ketones is 1. The Morgan fingerprint density at radius 1 is 1.26 bits per heavy atom. The van der Waals surface area contributed by atoms with Gasteiger partial charge in [0.25, 0.3) is 0 Å². The number of aromatic nitrogens is 1. The number of rotatable bonds is 5. The summed E-state index contributed by atoms with van der Waals surface area (Å²) in [6.45, 7) is 1.93. The van der Waals surface area contributed by atoms with Crippen LogP contribution >= 0.6 is 0 Å². The molecule has 1 aromatic carbocycles. The van der Waals surface area contributed by atoms with Crippen molar-refractivity contribution in [2.45, 2.75) is 13.5 Å². The van der Waals surface area contributed by atoms with E-state index >= 15 is 0 Å². The Kier molecular flexibility index (Phi) is 4.13. The molecule has 0 unspecified atom stereocenters. The molecule has 0 bridgehead atoms. The Morgan fingerprint density at radius 2 is 2.11 bits per heavy atom. The van der Waals surface area contributed by atoms with Crippen molar-refractivity contribution in [3.63, 3.8) is 0 Å². The monoisotopic (exact) mass is 257 g/mol. The van der Waals surface area contributed by atoms with Crippen LogP contribution in [0, 0.1) is 0 Å². The number of ether oxygens (including phenoxy) is 2. The van der Waals surface area contributed by atoms with Gasteiger partial charge in [-0.2, -0.15) is 0 Å². The lowest BCUT2D eigenvalue weighted by molar-refractivity contribution is 0.101. The lowest BCUT2D eigenvalue weighted by atomic mass is 10.1. The summed E-state index contributed by atoms with van der Waals surface area (Å²) in [6, 6.07) is 8.94. The molecule has 2 rings (SSSR count). The molecule has 4 heteroatoms. The van der Waals surface area contributed by atoms with Crippen molar-refractivity contribution >= 4 is 5.78 Å². The first-order valence-electron chi connectivity index (χ1n) is 5.91. The minimum atomic E-state index is -0.00268. The lowest BCUT2D eigenvalue weighted by Crippen LogP contribution is -2.00. The molecule has 4 nitrogen and oxygen atoms in total. The number of methoxy groups -OCH3 is 1. The van der Waals surface area contributed by atoms with E-state index in [1.54, 1.807) is 37.7 Å². The minimum Gasteiger partial charge on any atom is -0.493 e. The molecule has 0 spiro atoms. The van der Waals surface area contributed by atoms with Crippen LogP contribution in [0.25, 0.3) is 0 Å². The molecule has 19 heavy (non-hydrogen) atoms. The fraction of sp³-hybridized carbons (Fsp3) is 0.200. The molecule has 0 radical (unpaired) electrons. The van der Waals surface area contributed by atoms with E-state index in [0.29, 0.717) is 23.7 Å². The van der Waals surface area contributed by atoms with Gasteiger partial charge in [-0.05, 0) is 31.2 Å². The molecule has 0 saturated heterocycles.